The van der Waals surface area contributed by atoms with Gasteiger partial charge < -0.3 is 10.2 Å². The summed E-state index contributed by atoms with van der Waals surface area (Å²) < 4.78 is 1.11. The number of aliphatic imine (C=N–C) groups is 1. The first-order chi connectivity index (χ1) is 7.25. The van der Waals surface area contributed by atoms with Gasteiger partial charge in [0.1, 0.15) is 0 Å². The molecule has 4 heteroatoms. The quantitative estimate of drug-likeness (QED) is 0.886. The molecule has 1 N–H and O–H groups in total. The second-order valence-electron chi connectivity index (χ2n) is 3.61. The topological polar surface area (TPSA) is 27.6 Å². The molecule has 0 radical (unpaired) electrons. The maximum Gasteiger partial charge on any atom is 0.194 e. The fourth-order valence-corrected chi connectivity index (χ4v) is 1.77. The van der Waals surface area contributed by atoms with Crippen molar-refractivity contribution in [2.75, 3.05) is 20.1 Å². The first-order valence-electron chi connectivity index (χ1n) is 4.99. The van der Waals surface area contributed by atoms with Crippen LogP contribution in [0.25, 0.3) is 0 Å². The smallest absolute Gasteiger partial charge is 0.194 e. The number of hydrogen-bond acceptors (Lipinski definition) is 3. The van der Waals surface area contributed by atoms with E-state index in [-0.39, 0.29) is 0 Å². The molecule has 0 saturated heterocycles. The van der Waals surface area contributed by atoms with Crippen molar-refractivity contribution in [3.63, 3.8) is 0 Å². The highest BCUT2D eigenvalue weighted by atomic mass is 79.9. The summed E-state index contributed by atoms with van der Waals surface area (Å²) in [7, 11) is 2.06. The predicted molar refractivity (Wildman–Crippen MR) is 65.9 cm³/mol. The molecule has 80 valence electrons. The molecule has 0 unspecified atom stereocenters. The summed E-state index contributed by atoms with van der Waals surface area (Å²) in [5.74, 6) is 0.998. The molecule has 1 heterocycles. The summed E-state index contributed by atoms with van der Waals surface area (Å²) in [5, 5.41) is 3.33. The van der Waals surface area contributed by atoms with Crippen molar-refractivity contribution in [1.29, 1.82) is 0 Å². The summed E-state index contributed by atoms with van der Waals surface area (Å²) in [6, 6.07) is 8.31. The SMILES string of the molecule is CN1CCN=C1NCc1ccc(Br)cc1. The molecular formula is C11H14BrN3. The number of rotatable bonds is 2. The zero-order chi connectivity index (χ0) is 10.7. The highest BCUT2D eigenvalue weighted by Crippen LogP contribution is 2.10. The molecule has 0 atom stereocenters. The lowest BCUT2D eigenvalue weighted by Crippen LogP contribution is -2.35. The van der Waals surface area contributed by atoms with Crippen molar-refractivity contribution in [2.24, 2.45) is 4.99 Å². The van der Waals surface area contributed by atoms with Gasteiger partial charge in [0.25, 0.3) is 0 Å². The molecule has 15 heavy (non-hydrogen) atoms. The Bertz CT molecular complexity index is 359. The van der Waals surface area contributed by atoms with Crippen LogP contribution < -0.4 is 5.32 Å². The molecule has 0 aromatic heterocycles. The molecule has 1 aromatic carbocycles. The van der Waals surface area contributed by atoms with Gasteiger partial charge in [-0.05, 0) is 17.7 Å². The summed E-state index contributed by atoms with van der Waals surface area (Å²) in [4.78, 5) is 6.51. The molecule has 0 fully saturated rings. The molecule has 0 spiro atoms. The standard InChI is InChI=1S/C11H14BrN3/c1-15-7-6-13-11(15)14-8-9-2-4-10(12)5-3-9/h2-5H,6-8H2,1H3,(H,13,14). The van der Waals surface area contributed by atoms with Crippen molar-refractivity contribution < 1.29 is 0 Å². The van der Waals surface area contributed by atoms with Crippen LogP contribution >= 0.6 is 15.9 Å². The van der Waals surface area contributed by atoms with Gasteiger partial charge in [0.2, 0.25) is 0 Å². The number of guanidine groups is 1. The zero-order valence-electron chi connectivity index (χ0n) is 8.70. The second-order valence-corrected chi connectivity index (χ2v) is 4.52. The highest BCUT2D eigenvalue weighted by molar-refractivity contribution is 9.10. The second kappa shape index (κ2) is 4.66. The number of benzene rings is 1. The first-order valence-corrected chi connectivity index (χ1v) is 5.79. The lowest BCUT2D eigenvalue weighted by molar-refractivity contribution is 0.534. The Hall–Kier alpha value is -1.03. The van der Waals surface area contributed by atoms with Gasteiger partial charge in [0.05, 0.1) is 6.54 Å². The van der Waals surface area contributed by atoms with E-state index < -0.39 is 0 Å². The third-order valence-electron chi connectivity index (χ3n) is 2.42. The third kappa shape index (κ3) is 2.72. The Labute approximate surface area is 98.3 Å². The van der Waals surface area contributed by atoms with Crippen LogP contribution in [0.4, 0.5) is 0 Å². The molecule has 1 aliphatic rings. The first kappa shape index (κ1) is 10.5. The zero-order valence-corrected chi connectivity index (χ0v) is 10.3. The number of hydrogen-bond donors (Lipinski definition) is 1. The molecule has 2 rings (SSSR count). The van der Waals surface area contributed by atoms with Gasteiger partial charge in [-0.1, -0.05) is 28.1 Å². The number of nitrogens with one attached hydrogen (secondary N) is 1. The Kier molecular flexibility index (Phi) is 3.26. The Balaban J connectivity index is 1.90. The number of halogens is 1. The fraction of sp³-hybridized carbons (Fsp3) is 0.364. The van der Waals surface area contributed by atoms with E-state index >= 15 is 0 Å². The van der Waals surface area contributed by atoms with Crippen LogP contribution in [0, 0.1) is 0 Å². The minimum absolute atomic E-state index is 0.830. The summed E-state index contributed by atoms with van der Waals surface area (Å²) in [6.45, 7) is 2.75. The lowest BCUT2D eigenvalue weighted by atomic mass is 10.2. The molecule has 0 bridgehead atoms. The van der Waals surface area contributed by atoms with Crippen molar-refractivity contribution in [1.82, 2.24) is 10.2 Å². The summed E-state index contributed by atoms with van der Waals surface area (Å²) in [6.07, 6.45) is 0. The van der Waals surface area contributed by atoms with Gasteiger partial charge >= 0.3 is 0 Å². The Morgan fingerprint density at radius 1 is 1.40 bits per heavy atom. The van der Waals surface area contributed by atoms with E-state index in [2.05, 4.69) is 62.5 Å². The maximum absolute atomic E-state index is 4.37. The normalized spacial score (nSPS) is 15.3. The van der Waals surface area contributed by atoms with Gasteiger partial charge in [-0.3, -0.25) is 4.99 Å². The third-order valence-corrected chi connectivity index (χ3v) is 2.95. The van der Waals surface area contributed by atoms with Crippen LogP contribution in [-0.4, -0.2) is 31.0 Å². The van der Waals surface area contributed by atoms with Crippen molar-refractivity contribution in [2.45, 2.75) is 6.54 Å². The minimum atomic E-state index is 0.830. The summed E-state index contributed by atoms with van der Waals surface area (Å²) >= 11 is 3.42. The Morgan fingerprint density at radius 3 is 2.73 bits per heavy atom. The largest absolute Gasteiger partial charge is 0.352 e. The van der Waals surface area contributed by atoms with Gasteiger partial charge in [-0.2, -0.15) is 0 Å². The molecule has 0 aliphatic carbocycles. The molecule has 1 aromatic rings. The summed E-state index contributed by atoms with van der Waals surface area (Å²) in [5.41, 5.74) is 1.27. The van der Waals surface area contributed by atoms with E-state index in [9.17, 15) is 0 Å². The van der Waals surface area contributed by atoms with Gasteiger partial charge in [-0.15, -0.1) is 0 Å². The van der Waals surface area contributed by atoms with E-state index in [1.54, 1.807) is 0 Å². The highest BCUT2D eigenvalue weighted by Gasteiger charge is 2.10. The molecule has 3 nitrogen and oxygen atoms in total. The van der Waals surface area contributed by atoms with E-state index in [1.807, 2.05) is 0 Å². The van der Waals surface area contributed by atoms with Gasteiger partial charge in [0, 0.05) is 24.6 Å². The Morgan fingerprint density at radius 2 is 2.13 bits per heavy atom. The van der Waals surface area contributed by atoms with E-state index in [0.717, 1.165) is 30.1 Å². The van der Waals surface area contributed by atoms with Gasteiger partial charge in [-0.25, -0.2) is 0 Å². The van der Waals surface area contributed by atoms with Crippen LogP contribution in [0.2, 0.25) is 0 Å². The van der Waals surface area contributed by atoms with Crippen LogP contribution in [0.1, 0.15) is 5.56 Å². The van der Waals surface area contributed by atoms with Crippen molar-refractivity contribution >= 4 is 21.9 Å². The van der Waals surface area contributed by atoms with E-state index in [4.69, 9.17) is 0 Å². The van der Waals surface area contributed by atoms with E-state index in [1.165, 1.54) is 5.56 Å². The van der Waals surface area contributed by atoms with Gasteiger partial charge in [0.15, 0.2) is 5.96 Å². The fourth-order valence-electron chi connectivity index (χ4n) is 1.51. The lowest BCUT2D eigenvalue weighted by Gasteiger charge is -2.15. The van der Waals surface area contributed by atoms with Crippen LogP contribution in [-0.2, 0) is 6.54 Å². The molecule has 0 amide bonds. The minimum Gasteiger partial charge on any atom is -0.352 e. The molecule has 1 aliphatic heterocycles. The number of likely N-dealkylation sites (N-methyl/N-ethyl adjacent to an activating group) is 1. The monoisotopic (exact) mass is 267 g/mol. The van der Waals surface area contributed by atoms with E-state index in [0.29, 0.717) is 0 Å². The van der Waals surface area contributed by atoms with Crippen LogP contribution in [0.3, 0.4) is 0 Å². The van der Waals surface area contributed by atoms with Crippen molar-refractivity contribution in [3.05, 3.63) is 34.3 Å². The maximum atomic E-state index is 4.37. The van der Waals surface area contributed by atoms with Crippen LogP contribution in [0.5, 0.6) is 0 Å². The average molecular weight is 268 g/mol. The van der Waals surface area contributed by atoms with Crippen LogP contribution in [0.15, 0.2) is 33.7 Å². The molecule has 0 saturated carbocycles. The predicted octanol–water partition coefficient (Wildman–Crippen LogP) is 1.84. The average Bonchev–Trinajstić information content (AvgIpc) is 2.63. The number of nitrogens with zero attached hydrogens (tertiary/aromatic N) is 2. The van der Waals surface area contributed by atoms with Crippen molar-refractivity contribution in [3.8, 4) is 0 Å². The molecular weight excluding hydrogens is 254 g/mol.